The first-order valence-corrected chi connectivity index (χ1v) is 8.79. The van der Waals surface area contributed by atoms with Gasteiger partial charge in [0.1, 0.15) is 18.8 Å². The van der Waals surface area contributed by atoms with E-state index in [0.29, 0.717) is 25.1 Å². The number of hydrogen-bond donors (Lipinski definition) is 1. The van der Waals surface area contributed by atoms with Gasteiger partial charge in [-0.2, -0.15) is 0 Å². The van der Waals surface area contributed by atoms with Crippen LogP contribution in [0, 0.1) is 0 Å². The summed E-state index contributed by atoms with van der Waals surface area (Å²) in [5.74, 6) is -0.778. The quantitative estimate of drug-likeness (QED) is 0.815. The highest BCUT2D eigenvalue weighted by Gasteiger charge is 2.37. The number of cyclic esters (lactones) is 1. The second-order valence-corrected chi connectivity index (χ2v) is 6.31. The zero-order chi connectivity index (χ0) is 18.5. The Kier molecular flexibility index (Phi) is 5.55. The Labute approximate surface area is 151 Å². The number of nitrogens with one attached hydrogen (secondary N) is 1. The van der Waals surface area contributed by atoms with E-state index in [-0.39, 0.29) is 12.5 Å². The topological polar surface area (TPSA) is 84.9 Å². The van der Waals surface area contributed by atoms with Crippen molar-refractivity contribution in [1.82, 2.24) is 10.2 Å². The summed E-state index contributed by atoms with van der Waals surface area (Å²) in [7, 11) is 0. The molecule has 1 aromatic carbocycles. The van der Waals surface area contributed by atoms with Crippen LogP contribution in [0.3, 0.4) is 0 Å². The Morgan fingerprint density at radius 2 is 2.08 bits per heavy atom. The molecular formula is C19H22N2O5. The van der Waals surface area contributed by atoms with Crippen LogP contribution in [-0.4, -0.2) is 41.6 Å². The smallest absolute Gasteiger partial charge is 0.410 e. The first kappa shape index (κ1) is 18.0. The standard InChI is InChI=1S/C19H22N2O5/c1-2-16-14(11-17(22)26-16)20-18(23)15-9-6-10-21(15)19(24)25-12-13-7-4-3-5-8-13/h3-5,7-8,11,15-16H,2,6,9-10,12H2,1H3,(H,20,23)/t15-,16?/m0/s1. The Morgan fingerprint density at radius 1 is 1.31 bits per heavy atom. The third-order valence-electron chi connectivity index (χ3n) is 4.51. The summed E-state index contributed by atoms with van der Waals surface area (Å²) < 4.78 is 10.4. The third kappa shape index (κ3) is 4.04. The lowest BCUT2D eigenvalue weighted by molar-refractivity contribution is -0.139. The van der Waals surface area contributed by atoms with Crippen molar-refractivity contribution in [2.24, 2.45) is 0 Å². The van der Waals surface area contributed by atoms with E-state index in [2.05, 4.69) is 5.32 Å². The molecule has 2 aliphatic heterocycles. The number of ether oxygens (including phenoxy) is 2. The van der Waals surface area contributed by atoms with Crippen LogP contribution in [0.1, 0.15) is 31.7 Å². The molecule has 1 aromatic rings. The van der Waals surface area contributed by atoms with Gasteiger partial charge in [0, 0.05) is 12.6 Å². The van der Waals surface area contributed by atoms with Gasteiger partial charge in [-0.05, 0) is 24.8 Å². The van der Waals surface area contributed by atoms with Crippen LogP contribution in [0.15, 0.2) is 42.1 Å². The molecule has 1 fully saturated rings. The van der Waals surface area contributed by atoms with Gasteiger partial charge in [-0.15, -0.1) is 0 Å². The second-order valence-electron chi connectivity index (χ2n) is 6.31. The van der Waals surface area contributed by atoms with Gasteiger partial charge in [-0.3, -0.25) is 9.69 Å². The number of hydrogen-bond acceptors (Lipinski definition) is 5. The molecule has 1 unspecified atom stereocenters. The number of amides is 2. The largest absolute Gasteiger partial charge is 0.453 e. The molecule has 1 N–H and O–H groups in total. The van der Waals surface area contributed by atoms with Crippen LogP contribution in [0.4, 0.5) is 4.79 Å². The van der Waals surface area contributed by atoms with Crippen molar-refractivity contribution in [2.45, 2.75) is 44.9 Å². The van der Waals surface area contributed by atoms with E-state index in [4.69, 9.17) is 9.47 Å². The highest BCUT2D eigenvalue weighted by Crippen LogP contribution is 2.21. The Morgan fingerprint density at radius 3 is 2.81 bits per heavy atom. The number of rotatable bonds is 5. The van der Waals surface area contributed by atoms with E-state index in [9.17, 15) is 14.4 Å². The van der Waals surface area contributed by atoms with Crippen LogP contribution in [0.25, 0.3) is 0 Å². The van der Waals surface area contributed by atoms with Crippen molar-refractivity contribution in [3.8, 4) is 0 Å². The number of carbonyl (C=O) groups excluding carboxylic acids is 3. The number of likely N-dealkylation sites (tertiary alicyclic amines) is 1. The highest BCUT2D eigenvalue weighted by molar-refractivity contribution is 5.91. The molecule has 3 rings (SSSR count). The Bertz CT molecular complexity index is 716. The predicted molar refractivity (Wildman–Crippen MR) is 92.8 cm³/mol. The minimum Gasteiger partial charge on any atom is -0.453 e. The lowest BCUT2D eigenvalue weighted by atomic mass is 10.1. The van der Waals surface area contributed by atoms with E-state index >= 15 is 0 Å². The van der Waals surface area contributed by atoms with E-state index < -0.39 is 24.2 Å². The summed E-state index contributed by atoms with van der Waals surface area (Å²) in [5, 5.41) is 2.74. The molecule has 0 spiro atoms. The van der Waals surface area contributed by atoms with E-state index in [1.54, 1.807) is 0 Å². The molecule has 1 saturated heterocycles. The zero-order valence-corrected chi connectivity index (χ0v) is 14.6. The van der Waals surface area contributed by atoms with E-state index in [1.165, 1.54) is 11.0 Å². The van der Waals surface area contributed by atoms with Crippen molar-refractivity contribution in [3.63, 3.8) is 0 Å². The van der Waals surface area contributed by atoms with Crippen molar-refractivity contribution in [3.05, 3.63) is 47.7 Å². The highest BCUT2D eigenvalue weighted by atomic mass is 16.6. The first-order chi connectivity index (χ1) is 12.6. The molecule has 26 heavy (non-hydrogen) atoms. The molecule has 2 atom stereocenters. The second kappa shape index (κ2) is 8.03. The predicted octanol–water partition coefficient (Wildman–Crippen LogP) is 2.12. The maximum Gasteiger partial charge on any atom is 0.410 e. The summed E-state index contributed by atoms with van der Waals surface area (Å²) in [6, 6.07) is 8.77. The van der Waals surface area contributed by atoms with E-state index in [1.807, 2.05) is 37.3 Å². The van der Waals surface area contributed by atoms with Gasteiger partial charge in [-0.1, -0.05) is 37.3 Å². The summed E-state index contributed by atoms with van der Waals surface area (Å²) >= 11 is 0. The fourth-order valence-electron chi connectivity index (χ4n) is 3.16. The summed E-state index contributed by atoms with van der Waals surface area (Å²) in [6.45, 7) is 2.50. The normalized spacial score (nSPS) is 22.0. The number of nitrogens with zero attached hydrogens (tertiary/aromatic N) is 1. The SMILES string of the molecule is CCC1OC(=O)C=C1NC(=O)[C@@H]1CCCN1C(=O)OCc1ccccc1. The van der Waals surface area contributed by atoms with Crippen molar-refractivity contribution >= 4 is 18.0 Å². The monoisotopic (exact) mass is 358 g/mol. The average Bonchev–Trinajstić information content (AvgIpc) is 3.27. The number of esters is 1. The molecule has 0 aliphatic carbocycles. The van der Waals surface area contributed by atoms with Gasteiger partial charge in [0.15, 0.2) is 0 Å². The first-order valence-electron chi connectivity index (χ1n) is 8.79. The van der Waals surface area contributed by atoms with Gasteiger partial charge in [0.25, 0.3) is 0 Å². The molecule has 2 aliphatic rings. The third-order valence-corrected chi connectivity index (χ3v) is 4.51. The summed E-state index contributed by atoms with van der Waals surface area (Å²) in [4.78, 5) is 37.8. The minimum absolute atomic E-state index is 0.163. The van der Waals surface area contributed by atoms with Crippen molar-refractivity contribution < 1.29 is 23.9 Å². The van der Waals surface area contributed by atoms with Crippen LogP contribution < -0.4 is 5.32 Å². The molecule has 138 valence electrons. The van der Waals surface area contributed by atoms with Gasteiger partial charge in [0.05, 0.1) is 5.70 Å². The molecule has 7 heteroatoms. The van der Waals surface area contributed by atoms with Crippen LogP contribution in [0.2, 0.25) is 0 Å². The van der Waals surface area contributed by atoms with Crippen molar-refractivity contribution in [1.29, 1.82) is 0 Å². The zero-order valence-electron chi connectivity index (χ0n) is 14.6. The fraction of sp³-hybridized carbons (Fsp3) is 0.421. The van der Waals surface area contributed by atoms with E-state index in [0.717, 1.165) is 12.0 Å². The lowest BCUT2D eigenvalue weighted by Crippen LogP contribution is -2.46. The molecule has 0 radical (unpaired) electrons. The molecule has 0 bridgehead atoms. The lowest BCUT2D eigenvalue weighted by Gasteiger charge is -2.24. The van der Waals surface area contributed by atoms with Crippen LogP contribution in [0.5, 0.6) is 0 Å². The van der Waals surface area contributed by atoms with Gasteiger partial charge in [0.2, 0.25) is 5.91 Å². The summed E-state index contributed by atoms with van der Waals surface area (Å²) in [6.07, 6.45) is 2.21. The minimum atomic E-state index is -0.604. The average molecular weight is 358 g/mol. The van der Waals surface area contributed by atoms with Crippen LogP contribution in [-0.2, 0) is 25.7 Å². The van der Waals surface area contributed by atoms with Gasteiger partial charge >= 0.3 is 12.1 Å². The number of carbonyl (C=O) groups is 3. The molecule has 2 amide bonds. The maximum absolute atomic E-state index is 12.6. The van der Waals surface area contributed by atoms with Gasteiger partial charge in [-0.25, -0.2) is 9.59 Å². The Hall–Kier alpha value is -2.83. The van der Waals surface area contributed by atoms with Crippen LogP contribution >= 0.6 is 0 Å². The Balaban J connectivity index is 1.58. The fourth-order valence-corrected chi connectivity index (χ4v) is 3.16. The van der Waals surface area contributed by atoms with Gasteiger partial charge < -0.3 is 14.8 Å². The number of benzene rings is 1. The molecule has 0 saturated carbocycles. The molecule has 0 aromatic heterocycles. The maximum atomic E-state index is 12.6. The molecule has 7 nitrogen and oxygen atoms in total. The van der Waals surface area contributed by atoms with Crippen molar-refractivity contribution in [2.75, 3.05) is 6.54 Å². The molecule has 2 heterocycles. The summed E-state index contributed by atoms with van der Waals surface area (Å²) in [5.41, 5.74) is 1.34. The molecular weight excluding hydrogens is 336 g/mol.